The van der Waals surface area contributed by atoms with Gasteiger partial charge in [-0.15, -0.1) is 0 Å². The lowest BCUT2D eigenvalue weighted by Gasteiger charge is -2.22. The molecule has 0 N–H and O–H groups in total. The van der Waals surface area contributed by atoms with Gasteiger partial charge in [0.1, 0.15) is 0 Å². The molecule has 0 saturated carbocycles. The van der Waals surface area contributed by atoms with Crippen LogP contribution in [-0.2, 0) is 10.8 Å². The van der Waals surface area contributed by atoms with Crippen LogP contribution in [0.2, 0.25) is 0 Å². The van der Waals surface area contributed by atoms with Crippen LogP contribution in [0.5, 0.6) is 0 Å². The van der Waals surface area contributed by atoms with E-state index in [0.717, 1.165) is 55.4 Å². The lowest BCUT2D eigenvalue weighted by molar-refractivity contribution is 0.587. The van der Waals surface area contributed by atoms with Crippen molar-refractivity contribution < 1.29 is 0 Å². The van der Waals surface area contributed by atoms with Crippen molar-refractivity contribution in [2.45, 2.75) is 52.4 Å². The van der Waals surface area contributed by atoms with Crippen LogP contribution in [-0.4, -0.2) is 19.1 Å². The lowest BCUT2D eigenvalue weighted by atomic mass is 9.85. The van der Waals surface area contributed by atoms with E-state index in [-0.39, 0.29) is 10.8 Å². The standard InChI is InChI=1S/C56H46N4/c1-55(2,3)35-23-29-47(57-33-35)53-43-27-25-38(60-51-21-13-9-17-41(51)42-18-10-14-22-52(42)60)32-46(43)54(48-30-24-36(34-58-48)56(4,5)6)44-28-26-37(31-45(44)53)59-49-19-11-7-15-39(49)40-16-8-12-20-50(40)59/h7-34H,1-6H3. The molecule has 4 aromatic heterocycles. The molecule has 0 fully saturated rings. The fourth-order valence-electron chi connectivity index (χ4n) is 9.41. The third-order valence-electron chi connectivity index (χ3n) is 12.5. The minimum Gasteiger partial charge on any atom is -0.309 e. The summed E-state index contributed by atoms with van der Waals surface area (Å²) in [6, 6.07) is 57.9. The van der Waals surface area contributed by atoms with E-state index in [1.165, 1.54) is 54.7 Å². The average molecular weight is 775 g/mol. The van der Waals surface area contributed by atoms with Crippen molar-refractivity contribution in [3.8, 4) is 33.9 Å². The molecule has 4 heterocycles. The molecule has 0 saturated heterocycles. The van der Waals surface area contributed by atoms with Crippen molar-refractivity contribution in [2.24, 2.45) is 0 Å². The van der Waals surface area contributed by atoms with E-state index < -0.39 is 0 Å². The zero-order valence-electron chi connectivity index (χ0n) is 35.0. The highest BCUT2D eigenvalue weighted by molar-refractivity contribution is 6.22. The first kappa shape index (κ1) is 36.1. The van der Waals surface area contributed by atoms with Crippen molar-refractivity contribution in [1.82, 2.24) is 19.1 Å². The molecule has 11 aromatic rings. The lowest BCUT2D eigenvalue weighted by Crippen LogP contribution is -2.11. The van der Waals surface area contributed by atoms with Crippen molar-refractivity contribution in [3.63, 3.8) is 0 Å². The Balaban J connectivity index is 1.28. The van der Waals surface area contributed by atoms with E-state index in [1.54, 1.807) is 0 Å². The second-order valence-electron chi connectivity index (χ2n) is 18.3. The first-order valence-electron chi connectivity index (χ1n) is 21.0. The molecule has 0 unspecified atom stereocenters. The van der Waals surface area contributed by atoms with Gasteiger partial charge >= 0.3 is 0 Å². The molecule has 0 amide bonds. The molecular weight excluding hydrogens is 729 g/mol. The summed E-state index contributed by atoms with van der Waals surface area (Å²) in [5.41, 5.74) is 13.5. The summed E-state index contributed by atoms with van der Waals surface area (Å²) in [5.74, 6) is 0. The van der Waals surface area contributed by atoms with E-state index in [2.05, 4.69) is 221 Å². The Morgan fingerprint density at radius 1 is 0.333 bits per heavy atom. The van der Waals surface area contributed by atoms with Crippen LogP contribution in [0, 0.1) is 0 Å². The molecule has 0 spiro atoms. The maximum atomic E-state index is 5.28. The normalized spacial score (nSPS) is 12.5. The summed E-state index contributed by atoms with van der Waals surface area (Å²) in [5, 5.41) is 9.53. The van der Waals surface area contributed by atoms with Gasteiger partial charge in [0.2, 0.25) is 0 Å². The van der Waals surface area contributed by atoms with Gasteiger partial charge < -0.3 is 9.13 Å². The number of nitrogens with zero attached hydrogens (tertiary/aromatic N) is 4. The Kier molecular flexibility index (Phi) is 7.96. The smallest absolute Gasteiger partial charge is 0.0714 e. The SMILES string of the molecule is CC(C)(C)c1ccc(-c2c3ccc(-n4c5ccccc5c5ccccc54)cc3c(-c3ccc(C(C)(C)C)cn3)c3ccc(-n4c5ccccc5c5ccccc54)cc23)nc1. The van der Waals surface area contributed by atoms with Gasteiger partial charge in [-0.1, -0.05) is 139 Å². The Hall–Kier alpha value is -7.04. The highest BCUT2D eigenvalue weighted by Crippen LogP contribution is 2.46. The number of hydrogen-bond donors (Lipinski definition) is 0. The van der Waals surface area contributed by atoms with Crippen LogP contribution in [0.3, 0.4) is 0 Å². The molecule has 11 rings (SSSR count). The average Bonchev–Trinajstić information content (AvgIpc) is 3.78. The minimum atomic E-state index is -0.0225. The summed E-state index contributed by atoms with van der Waals surface area (Å²) in [4.78, 5) is 10.6. The summed E-state index contributed by atoms with van der Waals surface area (Å²) in [6.45, 7) is 13.5. The molecule has 7 aromatic carbocycles. The number of rotatable bonds is 4. The van der Waals surface area contributed by atoms with Crippen LogP contribution in [0.4, 0.5) is 0 Å². The Labute approximate surface area is 350 Å². The van der Waals surface area contributed by atoms with E-state index >= 15 is 0 Å². The van der Waals surface area contributed by atoms with Crippen molar-refractivity contribution in [2.75, 3.05) is 0 Å². The van der Waals surface area contributed by atoms with E-state index in [0.29, 0.717) is 0 Å². The van der Waals surface area contributed by atoms with Gasteiger partial charge in [0.15, 0.2) is 0 Å². The molecule has 0 aliphatic carbocycles. The summed E-state index contributed by atoms with van der Waals surface area (Å²) in [7, 11) is 0. The largest absolute Gasteiger partial charge is 0.309 e. The van der Waals surface area contributed by atoms with Gasteiger partial charge in [0.25, 0.3) is 0 Å². The maximum absolute atomic E-state index is 5.28. The number of para-hydroxylation sites is 4. The number of hydrogen-bond acceptors (Lipinski definition) is 2. The predicted molar refractivity (Wildman–Crippen MR) is 254 cm³/mol. The van der Waals surface area contributed by atoms with Gasteiger partial charge in [-0.25, -0.2) is 0 Å². The second kappa shape index (κ2) is 13.2. The van der Waals surface area contributed by atoms with E-state index in [4.69, 9.17) is 9.97 Å². The first-order chi connectivity index (χ1) is 29.0. The fourth-order valence-corrected chi connectivity index (χ4v) is 9.41. The predicted octanol–water partition coefficient (Wildman–Crippen LogP) is 14.9. The third kappa shape index (κ3) is 5.58. The molecular formula is C56H46N4. The monoisotopic (exact) mass is 774 g/mol. The van der Waals surface area contributed by atoms with Gasteiger partial charge in [-0.3, -0.25) is 9.97 Å². The number of fused-ring (bicyclic) bond motifs is 8. The molecule has 0 aliphatic heterocycles. The molecule has 0 aliphatic rings. The summed E-state index contributed by atoms with van der Waals surface area (Å²) in [6.07, 6.45) is 4.13. The second-order valence-corrected chi connectivity index (χ2v) is 18.3. The van der Waals surface area contributed by atoms with E-state index in [9.17, 15) is 0 Å². The number of pyridine rings is 2. The van der Waals surface area contributed by atoms with Crippen LogP contribution in [0.15, 0.2) is 170 Å². The van der Waals surface area contributed by atoms with Crippen LogP contribution < -0.4 is 0 Å². The highest BCUT2D eigenvalue weighted by Gasteiger charge is 2.23. The summed E-state index contributed by atoms with van der Waals surface area (Å²) < 4.78 is 4.82. The molecule has 0 radical (unpaired) electrons. The van der Waals surface area contributed by atoms with Gasteiger partial charge in [0, 0.05) is 56.4 Å². The molecule has 290 valence electrons. The van der Waals surface area contributed by atoms with Crippen LogP contribution in [0.1, 0.15) is 52.7 Å². The van der Waals surface area contributed by atoms with Gasteiger partial charge in [-0.05, 0) is 104 Å². The van der Waals surface area contributed by atoms with E-state index in [1.807, 2.05) is 0 Å². The molecule has 0 bridgehead atoms. The zero-order valence-corrected chi connectivity index (χ0v) is 35.0. The maximum Gasteiger partial charge on any atom is 0.0714 e. The minimum absolute atomic E-state index is 0.0225. The van der Waals surface area contributed by atoms with Crippen LogP contribution in [0.25, 0.3) is 99.0 Å². The highest BCUT2D eigenvalue weighted by atomic mass is 15.0. The zero-order chi connectivity index (χ0) is 40.9. The Bertz CT molecular complexity index is 3140. The van der Waals surface area contributed by atoms with Crippen molar-refractivity contribution in [3.05, 3.63) is 181 Å². The van der Waals surface area contributed by atoms with Gasteiger partial charge in [-0.2, -0.15) is 0 Å². The number of benzene rings is 7. The molecule has 4 nitrogen and oxygen atoms in total. The van der Waals surface area contributed by atoms with Crippen molar-refractivity contribution >= 4 is 65.2 Å². The Morgan fingerprint density at radius 3 is 0.967 bits per heavy atom. The van der Waals surface area contributed by atoms with Crippen LogP contribution >= 0.6 is 0 Å². The number of aromatic nitrogens is 4. The summed E-state index contributed by atoms with van der Waals surface area (Å²) >= 11 is 0. The molecule has 4 heteroatoms. The quantitative estimate of drug-likeness (QED) is 0.167. The molecule has 0 atom stereocenters. The van der Waals surface area contributed by atoms with Crippen molar-refractivity contribution in [1.29, 1.82) is 0 Å². The third-order valence-corrected chi connectivity index (χ3v) is 12.5. The van der Waals surface area contributed by atoms with Gasteiger partial charge in [0.05, 0.1) is 33.5 Å². The topological polar surface area (TPSA) is 35.6 Å². The Morgan fingerprint density at radius 2 is 0.667 bits per heavy atom. The fraction of sp³-hybridized carbons (Fsp3) is 0.143. The first-order valence-corrected chi connectivity index (χ1v) is 21.0. The molecule has 60 heavy (non-hydrogen) atoms.